The first-order valence-electron chi connectivity index (χ1n) is 7.36. The lowest BCUT2D eigenvalue weighted by Crippen LogP contribution is -2.49. The molecule has 0 bridgehead atoms. The quantitative estimate of drug-likeness (QED) is 0.857. The summed E-state index contributed by atoms with van der Waals surface area (Å²) in [6, 6.07) is 6.49. The molecule has 0 saturated carbocycles. The van der Waals surface area contributed by atoms with E-state index in [4.69, 9.17) is 0 Å². The highest BCUT2D eigenvalue weighted by atomic mass is 16.3. The zero-order valence-electron chi connectivity index (χ0n) is 11.5. The number of phenols is 1. The van der Waals surface area contributed by atoms with E-state index in [1.165, 1.54) is 12.0 Å². The van der Waals surface area contributed by atoms with E-state index >= 15 is 0 Å². The lowest BCUT2D eigenvalue weighted by atomic mass is 9.72. The van der Waals surface area contributed by atoms with Crippen molar-refractivity contribution in [1.29, 1.82) is 0 Å². The number of phenolic OH excluding ortho intramolecular Hbond substituents is 1. The van der Waals surface area contributed by atoms with E-state index in [-0.39, 0.29) is 6.61 Å². The van der Waals surface area contributed by atoms with E-state index in [1.54, 1.807) is 6.07 Å². The summed E-state index contributed by atoms with van der Waals surface area (Å²) < 4.78 is 0. The SMILES string of the molecule is CC1CC2c3cccc(O)c3CCC2N(CCO)C1. The summed E-state index contributed by atoms with van der Waals surface area (Å²) in [6.07, 6.45) is 3.25. The first-order valence-corrected chi connectivity index (χ1v) is 7.36. The van der Waals surface area contributed by atoms with Crippen LogP contribution in [0.25, 0.3) is 0 Å². The molecule has 3 unspecified atom stereocenters. The number of aliphatic hydroxyl groups excluding tert-OH is 1. The predicted octanol–water partition coefficient (Wildman–Crippen LogP) is 2.12. The Hall–Kier alpha value is -1.06. The van der Waals surface area contributed by atoms with Gasteiger partial charge in [-0.2, -0.15) is 0 Å². The van der Waals surface area contributed by atoms with Gasteiger partial charge in [0.1, 0.15) is 5.75 Å². The van der Waals surface area contributed by atoms with Gasteiger partial charge < -0.3 is 10.2 Å². The van der Waals surface area contributed by atoms with Crippen molar-refractivity contribution in [3.8, 4) is 5.75 Å². The number of benzene rings is 1. The fourth-order valence-electron chi connectivity index (χ4n) is 4.06. The van der Waals surface area contributed by atoms with Crippen molar-refractivity contribution in [2.24, 2.45) is 5.92 Å². The van der Waals surface area contributed by atoms with Crippen molar-refractivity contribution in [2.75, 3.05) is 19.7 Å². The van der Waals surface area contributed by atoms with Gasteiger partial charge in [0.25, 0.3) is 0 Å². The molecule has 1 aromatic carbocycles. The van der Waals surface area contributed by atoms with E-state index in [9.17, 15) is 10.2 Å². The van der Waals surface area contributed by atoms with Gasteiger partial charge in [0.2, 0.25) is 0 Å². The van der Waals surface area contributed by atoms with Gasteiger partial charge in [0.05, 0.1) is 6.61 Å². The summed E-state index contributed by atoms with van der Waals surface area (Å²) in [5.41, 5.74) is 2.49. The van der Waals surface area contributed by atoms with Crippen LogP contribution in [0.15, 0.2) is 18.2 Å². The van der Waals surface area contributed by atoms with Gasteiger partial charge >= 0.3 is 0 Å². The number of β-amino-alcohol motifs (C(OH)–C–C–N with tert-alkyl or cyclic N) is 1. The van der Waals surface area contributed by atoms with Gasteiger partial charge in [0, 0.05) is 25.0 Å². The Morgan fingerprint density at radius 3 is 3.00 bits per heavy atom. The number of hydrogen-bond acceptors (Lipinski definition) is 3. The molecule has 3 atom stereocenters. The first kappa shape index (κ1) is 12.9. The Labute approximate surface area is 114 Å². The number of hydrogen-bond donors (Lipinski definition) is 2. The molecule has 19 heavy (non-hydrogen) atoms. The molecule has 3 nitrogen and oxygen atoms in total. The van der Waals surface area contributed by atoms with Gasteiger partial charge in [0.15, 0.2) is 0 Å². The number of likely N-dealkylation sites (tertiary alicyclic amines) is 1. The Morgan fingerprint density at radius 1 is 1.37 bits per heavy atom. The topological polar surface area (TPSA) is 43.7 Å². The fourth-order valence-corrected chi connectivity index (χ4v) is 4.06. The maximum atomic E-state index is 10.0. The molecule has 2 N–H and O–H groups in total. The normalized spacial score (nSPS) is 30.7. The Kier molecular flexibility index (Phi) is 3.50. The number of aromatic hydroxyl groups is 1. The van der Waals surface area contributed by atoms with Gasteiger partial charge in [-0.1, -0.05) is 19.1 Å². The molecule has 1 saturated heterocycles. The smallest absolute Gasteiger partial charge is 0.119 e. The number of piperidine rings is 1. The minimum Gasteiger partial charge on any atom is -0.508 e. The molecule has 1 heterocycles. The zero-order valence-corrected chi connectivity index (χ0v) is 11.5. The third-order valence-corrected chi connectivity index (χ3v) is 4.80. The molecule has 0 amide bonds. The van der Waals surface area contributed by atoms with Crippen LogP contribution in [-0.4, -0.2) is 40.9 Å². The first-order chi connectivity index (χ1) is 9.20. The van der Waals surface area contributed by atoms with Gasteiger partial charge in [-0.15, -0.1) is 0 Å². The predicted molar refractivity (Wildman–Crippen MR) is 75.4 cm³/mol. The van der Waals surface area contributed by atoms with Crippen LogP contribution in [0.1, 0.15) is 36.8 Å². The molecule has 1 fully saturated rings. The summed E-state index contributed by atoms with van der Waals surface area (Å²) in [4.78, 5) is 2.45. The minimum atomic E-state index is 0.239. The average molecular weight is 261 g/mol. The lowest BCUT2D eigenvalue weighted by Gasteiger charge is -2.47. The third-order valence-electron chi connectivity index (χ3n) is 4.80. The second kappa shape index (κ2) is 5.14. The molecule has 0 spiro atoms. The standard InChI is InChI=1S/C16H23NO2/c1-11-9-14-12-3-2-4-16(19)13(12)5-6-15(14)17(10-11)7-8-18/h2-4,11,14-15,18-19H,5-10H2,1H3. The van der Waals surface area contributed by atoms with E-state index in [0.717, 1.165) is 31.5 Å². The van der Waals surface area contributed by atoms with Crippen LogP contribution in [0.2, 0.25) is 0 Å². The van der Waals surface area contributed by atoms with E-state index in [0.29, 0.717) is 23.6 Å². The maximum Gasteiger partial charge on any atom is 0.119 e. The lowest BCUT2D eigenvalue weighted by molar-refractivity contribution is 0.0636. The van der Waals surface area contributed by atoms with Crippen molar-refractivity contribution in [1.82, 2.24) is 4.90 Å². The summed E-state index contributed by atoms with van der Waals surface area (Å²) in [5.74, 6) is 1.63. The second-order valence-corrected chi connectivity index (χ2v) is 6.12. The molecule has 1 aliphatic carbocycles. The molecule has 1 aromatic rings. The van der Waals surface area contributed by atoms with E-state index in [1.807, 2.05) is 6.07 Å². The van der Waals surface area contributed by atoms with Gasteiger partial charge in [-0.3, -0.25) is 4.90 Å². The number of aliphatic hydroxyl groups is 1. The number of rotatable bonds is 2. The summed E-state index contributed by atoms with van der Waals surface area (Å²) in [6.45, 7) is 4.40. The molecule has 2 aliphatic rings. The molecule has 104 valence electrons. The monoisotopic (exact) mass is 261 g/mol. The van der Waals surface area contributed by atoms with Crippen LogP contribution in [0.3, 0.4) is 0 Å². The summed E-state index contributed by atoms with van der Waals surface area (Å²) in [5, 5.41) is 19.3. The Morgan fingerprint density at radius 2 is 2.21 bits per heavy atom. The van der Waals surface area contributed by atoms with E-state index < -0.39 is 0 Å². The van der Waals surface area contributed by atoms with Crippen LogP contribution < -0.4 is 0 Å². The highest BCUT2D eigenvalue weighted by Crippen LogP contribution is 2.44. The van der Waals surface area contributed by atoms with Gasteiger partial charge in [-0.25, -0.2) is 0 Å². The largest absolute Gasteiger partial charge is 0.508 e. The summed E-state index contributed by atoms with van der Waals surface area (Å²) in [7, 11) is 0. The number of fused-ring (bicyclic) bond motifs is 3. The van der Waals surface area contributed by atoms with Crippen molar-refractivity contribution < 1.29 is 10.2 Å². The molecule has 0 aromatic heterocycles. The average Bonchev–Trinajstić information content (AvgIpc) is 2.39. The fraction of sp³-hybridized carbons (Fsp3) is 0.625. The highest BCUT2D eigenvalue weighted by molar-refractivity contribution is 5.44. The van der Waals surface area contributed by atoms with Crippen LogP contribution in [-0.2, 0) is 6.42 Å². The van der Waals surface area contributed by atoms with Crippen LogP contribution in [0, 0.1) is 5.92 Å². The zero-order chi connectivity index (χ0) is 13.4. The third kappa shape index (κ3) is 2.26. The van der Waals surface area contributed by atoms with E-state index in [2.05, 4.69) is 17.9 Å². The molecular weight excluding hydrogens is 238 g/mol. The van der Waals surface area contributed by atoms with Crippen LogP contribution in [0.4, 0.5) is 0 Å². The number of nitrogens with zero attached hydrogens (tertiary/aromatic N) is 1. The van der Waals surface area contributed by atoms with Crippen molar-refractivity contribution >= 4 is 0 Å². The van der Waals surface area contributed by atoms with Crippen molar-refractivity contribution in [2.45, 2.75) is 38.1 Å². The molecule has 3 heteroatoms. The van der Waals surface area contributed by atoms with Crippen LogP contribution in [0.5, 0.6) is 5.75 Å². The molecule has 1 aliphatic heterocycles. The Balaban J connectivity index is 1.94. The minimum absolute atomic E-state index is 0.239. The second-order valence-electron chi connectivity index (χ2n) is 6.12. The molecular formula is C16H23NO2. The van der Waals surface area contributed by atoms with Crippen molar-refractivity contribution in [3.63, 3.8) is 0 Å². The van der Waals surface area contributed by atoms with Crippen molar-refractivity contribution in [3.05, 3.63) is 29.3 Å². The molecule has 0 radical (unpaired) electrons. The van der Waals surface area contributed by atoms with Gasteiger partial charge in [-0.05, 0) is 42.4 Å². The summed E-state index contributed by atoms with van der Waals surface area (Å²) >= 11 is 0. The van der Waals surface area contributed by atoms with Crippen LogP contribution >= 0.6 is 0 Å². The molecule has 3 rings (SSSR count). The maximum absolute atomic E-state index is 10.0. The highest BCUT2D eigenvalue weighted by Gasteiger charge is 2.38. The Bertz CT molecular complexity index is 460.